The molecule has 0 saturated heterocycles. The number of likely N-dealkylation sites (N-methyl/N-ethyl adjacent to an activating group) is 1. The highest BCUT2D eigenvalue weighted by molar-refractivity contribution is 4.97. The van der Waals surface area contributed by atoms with Crippen LogP contribution >= 0.6 is 0 Å². The first-order valence-corrected chi connectivity index (χ1v) is 8.47. The van der Waals surface area contributed by atoms with Crippen molar-refractivity contribution < 1.29 is 0 Å². The average molecular weight is 293 g/mol. The summed E-state index contributed by atoms with van der Waals surface area (Å²) in [6.07, 6.45) is 7.75. The summed E-state index contributed by atoms with van der Waals surface area (Å²) in [5, 5.41) is 4.35. The molecule has 21 heavy (non-hydrogen) atoms. The summed E-state index contributed by atoms with van der Waals surface area (Å²) in [6, 6.07) is 0. The third kappa shape index (κ3) is 3.64. The highest BCUT2D eigenvalue weighted by Gasteiger charge is 2.38. The molecule has 0 aliphatic heterocycles. The summed E-state index contributed by atoms with van der Waals surface area (Å²) in [7, 11) is 0. The number of aromatic nitrogens is 3. The molecule has 1 aliphatic carbocycles. The predicted molar refractivity (Wildman–Crippen MR) is 85.8 cm³/mol. The Morgan fingerprint density at radius 1 is 1.38 bits per heavy atom. The number of hydrogen-bond acceptors (Lipinski definition) is 4. The number of aryl methyl sites for hydroxylation is 1. The van der Waals surface area contributed by atoms with Crippen LogP contribution in [0.3, 0.4) is 0 Å². The summed E-state index contributed by atoms with van der Waals surface area (Å²) in [5.74, 6) is 1.91. The van der Waals surface area contributed by atoms with E-state index < -0.39 is 0 Å². The van der Waals surface area contributed by atoms with Gasteiger partial charge in [-0.1, -0.05) is 20.8 Å². The maximum Gasteiger partial charge on any atom is 0.141 e. The van der Waals surface area contributed by atoms with E-state index in [1.165, 1.54) is 25.7 Å². The standard InChI is InChI=1S/C16H31N5/c1-4-10-21-15(18-13-19-21)11-20(5-2)16(12-17)8-6-14(3)7-9-16/h13-14H,4-12,17H2,1-3H3. The summed E-state index contributed by atoms with van der Waals surface area (Å²) in [5.41, 5.74) is 6.36. The van der Waals surface area contributed by atoms with Crippen LogP contribution in [-0.2, 0) is 13.1 Å². The van der Waals surface area contributed by atoms with Gasteiger partial charge < -0.3 is 5.73 Å². The van der Waals surface area contributed by atoms with Gasteiger partial charge in [-0.15, -0.1) is 0 Å². The normalized spacial score (nSPS) is 26.4. The van der Waals surface area contributed by atoms with E-state index in [2.05, 4.69) is 35.8 Å². The van der Waals surface area contributed by atoms with Gasteiger partial charge in [0.05, 0.1) is 6.54 Å². The summed E-state index contributed by atoms with van der Waals surface area (Å²) < 4.78 is 2.04. The highest BCUT2D eigenvalue weighted by Crippen LogP contribution is 2.36. The first-order valence-electron chi connectivity index (χ1n) is 8.47. The minimum absolute atomic E-state index is 0.157. The molecule has 0 aromatic carbocycles. The molecule has 0 spiro atoms. The Morgan fingerprint density at radius 3 is 2.67 bits per heavy atom. The second kappa shape index (κ2) is 7.36. The van der Waals surface area contributed by atoms with Crippen molar-refractivity contribution in [2.24, 2.45) is 11.7 Å². The number of nitrogens with zero attached hydrogens (tertiary/aromatic N) is 4. The molecular weight excluding hydrogens is 262 g/mol. The zero-order valence-electron chi connectivity index (χ0n) is 13.9. The Bertz CT molecular complexity index is 420. The fourth-order valence-corrected chi connectivity index (χ4v) is 3.54. The molecule has 1 heterocycles. The third-order valence-electron chi connectivity index (χ3n) is 5.10. The number of hydrogen-bond donors (Lipinski definition) is 1. The monoisotopic (exact) mass is 293 g/mol. The van der Waals surface area contributed by atoms with Gasteiger partial charge >= 0.3 is 0 Å². The number of rotatable bonds is 7. The largest absolute Gasteiger partial charge is 0.329 e. The van der Waals surface area contributed by atoms with Crippen LogP contribution in [0, 0.1) is 5.92 Å². The van der Waals surface area contributed by atoms with E-state index in [-0.39, 0.29) is 5.54 Å². The molecule has 1 aliphatic rings. The van der Waals surface area contributed by atoms with E-state index in [4.69, 9.17) is 5.73 Å². The molecule has 1 aromatic heterocycles. The summed E-state index contributed by atoms with van der Waals surface area (Å²) in [4.78, 5) is 7.00. The lowest BCUT2D eigenvalue weighted by molar-refractivity contribution is 0.0392. The molecule has 0 radical (unpaired) electrons. The highest BCUT2D eigenvalue weighted by atomic mass is 15.4. The van der Waals surface area contributed by atoms with E-state index in [9.17, 15) is 0 Å². The molecule has 5 nitrogen and oxygen atoms in total. The molecule has 120 valence electrons. The lowest BCUT2D eigenvalue weighted by atomic mass is 9.76. The van der Waals surface area contributed by atoms with Gasteiger partial charge in [-0.05, 0) is 44.6 Å². The van der Waals surface area contributed by atoms with Gasteiger partial charge in [0.25, 0.3) is 0 Å². The van der Waals surface area contributed by atoms with Gasteiger partial charge in [0, 0.05) is 18.6 Å². The van der Waals surface area contributed by atoms with Crippen LogP contribution in [0.25, 0.3) is 0 Å². The minimum Gasteiger partial charge on any atom is -0.329 e. The lowest BCUT2D eigenvalue weighted by Crippen LogP contribution is -2.55. The second-order valence-corrected chi connectivity index (χ2v) is 6.52. The molecule has 2 rings (SSSR count). The van der Waals surface area contributed by atoms with Crippen molar-refractivity contribution in [3.8, 4) is 0 Å². The van der Waals surface area contributed by atoms with E-state index in [0.717, 1.165) is 44.3 Å². The van der Waals surface area contributed by atoms with Gasteiger partial charge in [-0.2, -0.15) is 5.10 Å². The van der Waals surface area contributed by atoms with Crippen molar-refractivity contribution in [3.05, 3.63) is 12.2 Å². The van der Waals surface area contributed by atoms with Crippen LogP contribution in [-0.4, -0.2) is 38.3 Å². The fourth-order valence-electron chi connectivity index (χ4n) is 3.54. The quantitative estimate of drug-likeness (QED) is 0.838. The molecule has 0 bridgehead atoms. The van der Waals surface area contributed by atoms with E-state index in [1.54, 1.807) is 6.33 Å². The van der Waals surface area contributed by atoms with Crippen LogP contribution in [0.5, 0.6) is 0 Å². The Balaban J connectivity index is 2.12. The smallest absolute Gasteiger partial charge is 0.141 e. The molecule has 5 heteroatoms. The summed E-state index contributed by atoms with van der Waals surface area (Å²) >= 11 is 0. The predicted octanol–water partition coefficient (Wildman–Crippen LogP) is 2.42. The van der Waals surface area contributed by atoms with Crippen LogP contribution < -0.4 is 5.73 Å². The van der Waals surface area contributed by atoms with Crippen molar-refractivity contribution in [3.63, 3.8) is 0 Å². The second-order valence-electron chi connectivity index (χ2n) is 6.52. The van der Waals surface area contributed by atoms with Gasteiger partial charge in [-0.3, -0.25) is 4.90 Å². The fraction of sp³-hybridized carbons (Fsp3) is 0.875. The van der Waals surface area contributed by atoms with Crippen molar-refractivity contribution in [1.29, 1.82) is 0 Å². The van der Waals surface area contributed by atoms with Gasteiger partial charge in [-0.25, -0.2) is 9.67 Å². The molecular formula is C16H31N5. The van der Waals surface area contributed by atoms with Crippen molar-refractivity contribution in [1.82, 2.24) is 19.7 Å². The topological polar surface area (TPSA) is 60.0 Å². The maximum absolute atomic E-state index is 6.20. The minimum atomic E-state index is 0.157. The zero-order chi connectivity index (χ0) is 15.3. The SMILES string of the molecule is CCCn1ncnc1CN(CC)C1(CN)CCC(C)CC1. The van der Waals surface area contributed by atoms with Gasteiger partial charge in [0.2, 0.25) is 0 Å². The molecule has 0 unspecified atom stereocenters. The Kier molecular flexibility index (Phi) is 5.76. The van der Waals surface area contributed by atoms with E-state index >= 15 is 0 Å². The van der Waals surface area contributed by atoms with Crippen molar-refractivity contribution in [2.45, 2.75) is 71.5 Å². The molecule has 1 fully saturated rings. The molecule has 2 N–H and O–H groups in total. The van der Waals surface area contributed by atoms with E-state index in [0.29, 0.717) is 0 Å². The Morgan fingerprint density at radius 2 is 2.10 bits per heavy atom. The van der Waals surface area contributed by atoms with Crippen LogP contribution in [0.15, 0.2) is 6.33 Å². The van der Waals surface area contributed by atoms with Crippen LogP contribution in [0.4, 0.5) is 0 Å². The third-order valence-corrected chi connectivity index (χ3v) is 5.10. The molecule has 1 aromatic rings. The Hall–Kier alpha value is -0.940. The van der Waals surface area contributed by atoms with Crippen molar-refractivity contribution in [2.75, 3.05) is 13.1 Å². The Labute approximate surface area is 128 Å². The zero-order valence-corrected chi connectivity index (χ0v) is 13.9. The van der Waals surface area contributed by atoms with Crippen LogP contribution in [0.2, 0.25) is 0 Å². The first-order chi connectivity index (χ1) is 10.1. The first kappa shape index (κ1) is 16.4. The molecule has 0 amide bonds. The lowest BCUT2D eigenvalue weighted by Gasteiger charge is -2.46. The average Bonchev–Trinajstić information content (AvgIpc) is 2.94. The van der Waals surface area contributed by atoms with Gasteiger partial charge in [0.1, 0.15) is 12.2 Å². The summed E-state index contributed by atoms with van der Waals surface area (Å²) in [6.45, 7) is 10.3. The van der Waals surface area contributed by atoms with Gasteiger partial charge in [0.15, 0.2) is 0 Å². The molecule has 0 atom stereocenters. The van der Waals surface area contributed by atoms with E-state index in [1.807, 2.05) is 4.68 Å². The maximum atomic E-state index is 6.20. The number of nitrogens with two attached hydrogens (primary N) is 1. The van der Waals surface area contributed by atoms with Crippen LogP contribution in [0.1, 0.15) is 58.7 Å². The molecule has 1 saturated carbocycles. The van der Waals surface area contributed by atoms with Crippen molar-refractivity contribution >= 4 is 0 Å².